The lowest BCUT2D eigenvalue weighted by atomic mass is 9.57. The van der Waals surface area contributed by atoms with Gasteiger partial charge in [0.05, 0.1) is 24.9 Å². The van der Waals surface area contributed by atoms with Gasteiger partial charge in [-0.2, -0.15) is 0 Å². The van der Waals surface area contributed by atoms with E-state index in [1.165, 1.54) is 0 Å². The first-order chi connectivity index (χ1) is 13.3. The average molecular weight is 517 g/mol. The second-order valence-corrected chi connectivity index (χ2v) is 8.66. The summed E-state index contributed by atoms with van der Waals surface area (Å²) in [5.41, 5.74) is 0.923. The van der Waals surface area contributed by atoms with Gasteiger partial charge in [0.15, 0.2) is 5.96 Å². The number of benzene rings is 1. The average Bonchev–Trinajstić information content (AvgIpc) is 3.11. The molecule has 164 valence electrons. The first kappa shape index (κ1) is 24.2. The topological polar surface area (TPSA) is 75.1 Å². The Labute approximate surface area is 191 Å². The fraction of sp³-hybridized carbons (Fsp3) is 0.682. The smallest absolute Gasteiger partial charge is 0.191 e. The zero-order valence-electron chi connectivity index (χ0n) is 18.1. The molecule has 0 aromatic heterocycles. The molecule has 29 heavy (non-hydrogen) atoms. The van der Waals surface area contributed by atoms with Crippen molar-refractivity contribution in [2.45, 2.75) is 65.4 Å². The molecule has 0 amide bonds. The van der Waals surface area contributed by atoms with Gasteiger partial charge in [-0.15, -0.1) is 24.0 Å². The molecule has 1 aromatic carbocycles. The molecule has 4 atom stereocenters. The van der Waals surface area contributed by atoms with Crippen molar-refractivity contribution in [1.29, 1.82) is 0 Å². The van der Waals surface area contributed by atoms with E-state index < -0.39 is 6.10 Å². The lowest BCUT2D eigenvalue weighted by Crippen LogP contribution is -2.68. The molecular weight excluding hydrogens is 481 g/mol. The van der Waals surface area contributed by atoms with E-state index in [1.807, 2.05) is 38.1 Å². The highest BCUT2D eigenvalue weighted by atomic mass is 127. The maximum absolute atomic E-state index is 10.5. The number of rotatable bonds is 7. The molecule has 6 nitrogen and oxygen atoms in total. The minimum atomic E-state index is -0.652. The summed E-state index contributed by atoms with van der Waals surface area (Å²) in [6, 6.07) is 7.91. The number of hydrogen-bond donors (Lipinski definition) is 3. The number of nitrogens with one attached hydrogen (secondary N) is 2. The third-order valence-electron chi connectivity index (χ3n) is 5.80. The number of ether oxygens (including phenoxy) is 2. The van der Waals surface area contributed by atoms with Crippen LogP contribution in [0.25, 0.3) is 0 Å². The highest BCUT2D eigenvalue weighted by Gasteiger charge is 2.59. The second kappa shape index (κ2) is 10.3. The largest absolute Gasteiger partial charge is 0.491 e. The van der Waals surface area contributed by atoms with Crippen molar-refractivity contribution >= 4 is 29.9 Å². The SMILES string of the molecule is CCNC(=NCC(O)c1ccc(OC(C)C)cc1)NC1C2CCOC2C1(C)C.I. The van der Waals surface area contributed by atoms with Gasteiger partial charge in [-0.25, -0.2) is 0 Å². The van der Waals surface area contributed by atoms with Crippen molar-refractivity contribution in [1.82, 2.24) is 10.6 Å². The van der Waals surface area contributed by atoms with Gasteiger partial charge in [0.2, 0.25) is 0 Å². The van der Waals surface area contributed by atoms with E-state index in [1.54, 1.807) is 0 Å². The minimum Gasteiger partial charge on any atom is -0.491 e. The molecule has 0 radical (unpaired) electrons. The summed E-state index contributed by atoms with van der Waals surface area (Å²) in [6.07, 6.45) is 0.916. The summed E-state index contributed by atoms with van der Waals surface area (Å²) in [5.74, 6) is 2.10. The lowest BCUT2D eigenvalue weighted by Gasteiger charge is -2.54. The minimum absolute atomic E-state index is 0. The Bertz CT molecular complexity index is 678. The van der Waals surface area contributed by atoms with Gasteiger partial charge in [0.1, 0.15) is 5.75 Å². The summed E-state index contributed by atoms with van der Waals surface area (Å²) < 4.78 is 11.5. The Balaban J connectivity index is 0.00000300. The highest BCUT2D eigenvalue weighted by molar-refractivity contribution is 14.0. The Morgan fingerprint density at radius 3 is 2.62 bits per heavy atom. The number of aliphatic hydroxyl groups is 1. The van der Waals surface area contributed by atoms with Crippen molar-refractivity contribution in [2.24, 2.45) is 16.3 Å². The van der Waals surface area contributed by atoms with Crippen molar-refractivity contribution in [2.75, 3.05) is 19.7 Å². The van der Waals surface area contributed by atoms with E-state index in [4.69, 9.17) is 9.47 Å². The number of guanidine groups is 1. The molecule has 3 rings (SSSR count). The normalized spacial score (nSPS) is 26.2. The van der Waals surface area contributed by atoms with Gasteiger partial charge in [0, 0.05) is 30.5 Å². The second-order valence-electron chi connectivity index (χ2n) is 8.66. The number of nitrogens with zero attached hydrogens (tertiary/aromatic N) is 1. The molecule has 3 N–H and O–H groups in total. The maximum atomic E-state index is 10.5. The molecule has 7 heteroatoms. The molecular formula is C22H36IN3O3. The van der Waals surface area contributed by atoms with Crippen LogP contribution in [0.15, 0.2) is 29.3 Å². The molecule has 1 saturated carbocycles. The Morgan fingerprint density at radius 2 is 2.00 bits per heavy atom. The van der Waals surface area contributed by atoms with Crippen LogP contribution in [0.1, 0.15) is 52.7 Å². The Kier molecular flexibility index (Phi) is 8.60. The molecule has 4 unspecified atom stereocenters. The van der Waals surface area contributed by atoms with E-state index in [-0.39, 0.29) is 35.5 Å². The van der Waals surface area contributed by atoms with Crippen LogP contribution in [-0.4, -0.2) is 49.0 Å². The monoisotopic (exact) mass is 517 g/mol. The van der Waals surface area contributed by atoms with E-state index in [0.29, 0.717) is 24.6 Å². The quantitative estimate of drug-likeness (QED) is 0.294. The standard InChI is InChI=1S/C22H35N3O3.HI/c1-6-23-21(25-19-17-11-12-27-20(17)22(19,4)5)24-13-18(26)15-7-9-16(10-8-15)28-14(2)3;/h7-10,14,17-20,26H,6,11-13H2,1-5H3,(H2,23,24,25);1H. The molecule has 1 saturated heterocycles. The van der Waals surface area contributed by atoms with Gasteiger partial charge in [-0.1, -0.05) is 26.0 Å². The summed E-state index contributed by atoms with van der Waals surface area (Å²) >= 11 is 0. The number of halogens is 1. The number of aliphatic imine (C=N–C) groups is 1. The fourth-order valence-corrected chi connectivity index (χ4v) is 4.41. The molecule has 2 fully saturated rings. The van der Waals surface area contributed by atoms with Gasteiger partial charge in [-0.3, -0.25) is 4.99 Å². The van der Waals surface area contributed by atoms with Crippen LogP contribution in [0.3, 0.4) is 0 Å². The molecule has 0 bridgehead atoms. The zero-order chi connectivity index (χ0) is 20.3. The predicted octanol–water partition coefficient (Wildman–Crippen LogP) is 3.49. The fourth-order valence-electron chi connectivity index (χ4n) is 4.41. The van der Waals surface area contributed by atoms with Crippen LogP contribution >= 0.6 is 24.0 Å². The summed E-state index contributed by atoms with van der Waals surface area (Å²) in [4.78, 5) is 4.63. The van der Waals surface area contributed by atoms with Crippen LogP contribution in [0.5, 0.6) is 5.75 Å². The van der Waals surface area contributed by atoms with E-state index in [2.05, 4.69) is 36.4 Å². The van der Waals surface area contributed by atoms with Crippen LogP contribution in [0.2, 0.25) is 0 Å². The van der Waals surface area contributed by atoms with Crippen LogP contribution in [0, 0.1) is 11.3 Å². The third-order valence-corrected chi connectivity index (χ3v) is 5.80. The van der Waals surface area contributed by atoms with Crippen molar-refractivity contribution in [3.05, 3.63) is 29.8 Å². The Hall–Kier alpha value is -1.06. The number of fused-ring (bicyclic) bond motifs is 1. The molecule has 1 aliphatic heterocycles. The molecule has 1 aromatic rings. The molecule has 0 spiro atoms. The number of hydrogen-bond acceptors (Lipinski definition) is 4. The van der Waals surface area contributed by atoms with E-state index >= 15 is 0 Å². The maximum Gasteiger partial charge on any atom is 0.191 e. The van der Waals surface area contributed by atoms with Gasteiger partial charge in [0.25, 0.3) is 0 Å². The van der Waals surface area contributed by atoms with Crippen LogP contribution in [-0.2, 0) is 4.74 Å². The first-order valence-electron chi connectivity index (χ1n) is 10.4. The summed E-state index contributed by atoms with van der Waals surface area (Å²) in [6.45, 7) is 12.5. The lowest BCUT2D eigenvalue weighted by molar-refractivity contribution is -0.106. The predicted molar refractivity (Wildman–Crippen MR) is 127 cm³/mol. The number of aliphatic hydroxyl groups excluding tert-OH is 1. The van der Waals surface area contributed by atoms with Crippen LogP contribution < -0.4 is 15.4 Å². The van der Waals surface area contributed by atoms with Crippen molar-refractivity contribution in [3.8, 4) is 5.75 Å². The van der Waals surface area contributed by atoms with Crippen molar-refractivity contribution in [3.63, 3.8) is 0 Å². The Morgan fingerprint density at radius 1 is 1.31 bits per heavy atom. The highest BCUT2D eigenvalue weighted by Crippen LogP contribution is 2.52. The zero-order valence-corrected chi connectivity index (χ0v) is 20.5. The van der Waals surface area contributed by atoms with Gasteiger partial charge < -0.3 is 25.2 Å². The van der Waals surface area contributed by atoms with E-state index in [0.717, 1.165) is 36.8 Å². The van der Waals surface area contributed by atoms with Gasteiger partial charge >= 0.3 is 0 Å². The molecule has 2 aliphatic rings. The molecule has 1 aliphatic carbocycles. The van der Waals surface area contributed by atoms with Gasteiger partial charge in [-0.05, 0) is 44.9 Å². The first-order valence-corrected chi connectivity index (χ1v) is 10.4. The van der Waals surface area contributed by atoms with E-state index in [9.17, 15) is 5.11 Å². The summed E-state index contributed by atoms with van der Waals surface area (Å²) in [7, 11) is 0. The third kappa shape index (κ3) is 5.55. The summed E-state index contributed by atoms with van der Waals surface area (Å²) in [5, 5.41) is 17.4. The molecule has 1 heterocycles. The van der Waals surface area contributed by atoms with Crippen LogP contribution in [0.4, 0.5) is 0 Å². The van der Waals surface area contributed by atoms with Crippen molar-refractivity contribution < 1.29 is 14.6 Å².